The molecule has 1 atom stereocenters. The van der Waals surface area contributed by atoms with Gasteiger partial charge in [0.2, 0.25) is 0 Å². The van der Waals surface area contributed by atoms with Crippen LogP contribution in [0.1, 0.15) is 22.8 Å². The lowest BCUT2D eigenvalue weighted by Gasteiger charge is -2.12. The number of carbonyl (C=O) groups excluding carboxylic acids is 2. The second-order valence-corrected chi connectivity index (χ2v) is 7.12. The first kappa shape index (κ1) is 23.4. The van der Waals surface area contributed by atoms with Crippen LogP contribution in [0.25, 0.3) is 0 Å². The number of nitro groups is 1. The Morgan fingerprint density at radius 1 is 1.09 bits per heavy atom. The van der Waals surface area contributed by atoms with E-state index in [1.807, 2.05) is 0 Å². The van der Waals surface area contributed by atoms with Crippen molar-refractivity contribution >= 4 is 35.4 Å². The molecule has 0 fully saturated rings. The first-order valence-electron chi connectivity index (χ1n) is 9.64. The van der Waals surface area contributed by atoms with Crippen molar-refractivity contribution in [2.45, 2.75) is 13.0 Å². The molecule has 0 aliphatic carbocycles. The van der Waals surface area contributed by atoms with Crippen molar-refractivity contribution in [3.8, 4) is 11.5 Å². The van der Waals surface area contributed by atoms with Gasteiger partial charge in [0, 0.05) is 11.1 Å². The Labute approximate surface area is 193 Å². The second kappa shape index (κ2) is 10.9. The van der Waals surface area contributed by atoms with Crippen LogP contribution < -0.4 is 14.9 Å². The summed E-state index contributed by atoms with van der Waals surface area (Å²) in [5, 5.41) is 15.4. The number of hydrazone groups is 1. The number of hydrogen-bond acceptors (Lipinski definition) is 7. The molecule has 0 saturated heterocycles. The fourth-order valence-electron chi connectivity index (χ4n) is 2.62. The van der Waals surface area contributed by atoms with Gasteiger partial charge in [0.15, 0.2) is 11.9 Å². The molecule has 9 nitrogen and oxygen atoms in total. The minimum absolute atomic E-state index is 0.0238. The number of nitrogens with zero attached hydrogens (tertiary/aromatic N) is 2. The predicted octanol–water partition coefficient (Wildman–Crippen LogP) is 4.39. The van der Waals surface area contributed by atoms with E-state index >= 15 is 0 Å². The highest BCUT2D eigenvalue weighted by atomic mass is 35.5. The van der Waals surface area contributed by atoms with Gasteiger partial charge in [-0.15, -0.1) is 0 Å². The molecule has 0 aliphatic rings. The lowest BCUT2D eigenvalue weighted by Crippen LogP contribution is -2.33. The highest BCUT2D eigenvalue weighted by Gasteiger charge is 2.20. The van der Waals surface area contributed by atoms with Crippen molar-refractivity contribution < 1.29 is 24.0 Å². The van der Waals surface area contributed by atoms with E-state index in [0.29, 0.717) is 21.9 Å². The molecule has 1 amide bonds. The minimum atomic E-state index is -1.03. The van der Waals surface area contributed by atoms with Crippen LogP contribution in [0.4, 0.5) is 5.69 Å². The molecule has 1 unspecified atom stereocenters. The maximum atomic E-state index is 12.2. The lowest BCUT2D eigenvalue weighted by atomic mass is 10.2. The van der Waals surface area contributed by atoms with E-state index in [1.54, 1.807) is 54.6 Å². The average Bonchev–Trinajstić information content (AvgIpc) is 2.80. The number of halogens is 1. The monoisotopic (exact) mass is 467 g/mol. The van der Waals surface area contributed by atoms with Gasteiger partial charge in [0.1, 0.15) is 5.75 Å². The Morgan fingerprint density at radius 3 is 2.55 bits per heavy atom. The number of rotatable bonds is 8. The summed E-state index contributed by atoms with van der Waals surface area (Å²) in [4.78, 5) is 34.9. The molecular formula is C23H18ClN3O6. The zero-order valence-corrected chi connectivity index (χ0v) is 18.1. The highest BCUT2D eigenvalue weighted by Crippen LogP contribution is 2.26. The first-order valence-corrected chi connectivity index (χ1v) is 10.0. The Kier molecular flexibility index (Phi) is 7.72. The SMILES string of the molecule is CC(Oc1ccccc1[N+](=O)[O-])C(=O)N/N=C/c1cccc(OC(=O)c2ccc(Cl)cc2)c1. The Balaban J connectivity index is 1.58. The Morgan fingerprint density at radius 2 is 1.82 bits per heavy atom. The van der Waals surface area contributed by atoms with Crippen molar-refractivity contribution in [3.63, 3.8) is 0 Å². The number of esters is 1. The quantitative estimate of drug-likeness (QED) is 0.172. The van der Waals surface area contributed by atoms with Crippen LogP contribution in [0.5, 0.6) is 11.5 Å². The molecule has 0 bridgehead atoms. The normalized spacial score (nSPS) is 11.6. The third-order valence-electron chi connectivity index (χ3n) is 4.27. The topological polar surface area (TPSA) is 120 Å². The van der Waals surface area contributed by atoms with Gasteiger partial charge in [-0.05, 0) is 55.0 Å². The number of carbonyl (C=O) groups is 2. The van der Waals surface area contributed by atoms with Gasteiger partial charge in [0.25, 0.3) is 5.91 Å². The number of hydrogen-bond donors (Lipinski definition) is 1. The van der Waals surface area contributed by atoms with Crippen molar-refractivity contribution in [1.82, 2.24) is 5.43 Å². The number of amides is 1. The molecule has 3 aromatic carbocycles. The zero-order valence-electron chi connectivity index (χ0n) is 17.3. The van der Waals surface area contributed by atoms with E-state index in [2.05, 4.69) is 10.5 Å². The number of nitrogens with one attached hydrogen (secondary N) is 1. The zero-order chi connectivity index (χ0) is 23.8. The molecular weight excluding hydrogens is 450 g/mol. The molecule has 3 rings (SSSR count). The third-order valence-corrected chi connectivity index (χ3v) is 4.52. The predicted molar refractivity (Wildman–Crippen MR) is 122 cm³/mol. The summed E-state index contributed by atoms with van der Waals surface area (Å²) in [5.74, 6) is -0.882. The van der Waals surface area contributed by atoms with Crippen molar-refractivity contribution in [2.75, 3.05) is 0 Å². The van der Waals surface area contributed by atoms with Gasteiger partial charge < -0.3 is 9.47 Å². The van der Waals surface area contributed by atoms with Crippen LogP contribution in [0.2, 0.25) is 5.02 Å². The van der Waals surface area contributed by atoms with Gasteiger partial charge in [0.05, 0.1) is 16.7 Å². The smallest absolute Gasteiger partial charge is 0.343 e. The van der Waals surface area contributed by atoms with Crippen molar-refractivity contribution in [2.24, 2.45) is 5.10 Å². The van der Waals surface area contributed by atoms with E-state index < -0.39 is 22.9 Å². The van der Waals surface area contributed by atoms with Crippen LogP contribution in [-0.2, 0) is 4.79 Å². The molecule has 0 aromatic heterocycles. The van der Waals surface area contributed by atoms with Crippen LogP contribution >= 0.6 is 11.6 Å². The molecule has 3 aromatic rings. The fourth-order valence-corrected chi connectivity index (χ4v) is 2.75. The number of ether oxygens (including phenoxy) is 2. The summed E-state index contributed by atoms with van der Waals surface area (Å²) in [6.45, 7) is 1.44. The minimum Gasteiger partial charge on any atom is -0.474 e. The maximum absolute atomic E-state index is 12.2. The molecule has 0 radical (unpaired) electrons. The average molecular weight is 468 g/mol. The molecule has 1 N–H and O–H groups in total. The fraction of sp³-hybridized carbons (Fsp3) is 0.0870. The van der Waals surface area contributed by atoms with Crippen molar-refractivity contribution in [1.29, 1.82) is 0 Å². The molecule has 0 spiro atoms. The van der Waals surface area contributed by atoms with Crippen LogP contribution in [0.15, 0.2) is 77.9 Å². The molecule has 0 heterocycles. The van der Waals surface area contributed by atoms with Crippen LogP contribution in [-0.4, -0.2) is 29.1 Å². The van der Waals surface area contributed by atoms with E-state index in [0.717, 1.165) is 0 Å². The van der Waals surface area contributed by atoms with E-state index in [9.17, 15) is 19.7 Å². The van der Waals surface area contributed by atoms with Crippen molar-refractivity contribution in [3.05, 3.63) is 99.1 Å². The van der Waals surface area contributed by atoms with Gasteiger partial charge >= 0.3 is 11.7 Å². The van der Waals surface area contributed by atoms with E-state index in [1.165, 1.54) is 31.3 Å². The van der Waals surface area contributed by atoms with E-state index in [4.69, 9.17) is 21.1 Å². The molecule has 0 aliphatic heterocycles. The molecule has 33 heavy (non-hydrogen) atoms. The maximum Gasteiger partial charge on any atom is 0.343 e. The van der Waals surface area contributed by atoms with E-state index in [-0.39, 0.29) is 11.4 Å². The summed E-state index contributed by atoms with van der Waals surface area (Å²) in [6, 6.07) is 18.6. The number of benzene rings is 3. The summed E-state index contributed by atoms with van der Waals surface area (Å²) in [7, 11) is 0. The Hall–Kier alpha value is -4.24. The lowest BCUT2D eigenvalue weighted by molar-refractivity contribution is -0.386. The van der Waals surface area contributed by atoms with Gasteiger partial charge in [-0.25, -0.2) is 10.2 Å². The number of nitro benzene ring substituents is 1. The summed E-state index contributed by atoms with van der Waals surface area (Å²) in [6.07, 6.45) is 0.324. The molecule has 10 heteroatoms. The summed E-state index contributed by atoms with van der Waals surface area (Å²) < 4.78 is 10.7. The molecule has 0 saturated carbocycles. The summed E-state index contributed by atoms with van der Waals surface area (Å²) in [5.41, 5.74) is 2.97. The number of para-hydroxylation sites is 2. The second-order valence-electron chi connectivity index (χ2n) is 6.69. The molecule has 168 valence electrons. The van der Waals surface area contributed by atoms with Crippen LogP contribution in [0.3, 0.4) is 0 Å². The van der Waals surface area contributed by atoms with Crippen LogP contribution in [0, 0.1) is 10.1 Å². The largest absolute Gasteiger partial charge is 0.474 e. The Bertz CT molecular complexity index is 1200. The first-order chi connectivity index (χ1) is 15.8. The van der Waals surface area contributed by atoms with Gasteiger partial charge in [-0.1, -0.05) is 35.9 Å². The highest BCUT2D eigenvalue weighted by molar-refractivity contribution is 6.30. The summed E-state index contributed by atoms with van der Waals surface area (Å²) >= 11 is 5.82. The third kappa shape index (κ3) is 6.62. The standard InChI is InChI=1S/C23H18ClN3O6/c1-15(32-21-8-3-2-7-20(21)27(30)31)22(28)26-25-14-16-5-4-6-19(13-16)33-23(29)17-9-11-18(24)12-10-17/h2-15H,1H3,(H,26,28)/b25-14+. The van der Waals surface area contributed by atoms with Gasteiger partial charge in [-0.3, -0.25) is 14.9 Å². The van der Waals surface area contributed by atoms with Gasteiger partial charge in [-0.2, -0.15) is 5.10 Å².